The zero-order chi connectivity index (χ0) is 20.8. The van der Waals surface area contributed by atoms with Crippen LogP contribution in [-0.2, 0) is 4.79 Å². The first-order chi connectivity index (χ1) is 14.5. The number of rotatable bonds is 3. The molecule has 0 radical (unpaired) electrons. The maximum Gasteiger partial charge on any atom is 0.275 e. The Labute approximate surface area is 178 Å². The SMILES string of the molecule is O=C1Nc2ccc(Br)cc2C1=Nc1ccc(-c2nc3ccc([N+](=O)[O-])cc3[nH]2)cc1. The average molecular weight is 462 g/mol. The van der Waals surface area contributed by atoms with Crippen molar-refractivity contribution in [2.75, 3.05) is 5.32 Å². The number of amides is 1. The second-order valence-corrected chi connectivity index (χ2v) is 7.61. The van der Waals surface area contributed by atoms with E-state index in [9.17, 15) is 14.9 Å². The molecule has 1 aliphatic heterocycles. The number of benzene rings is 3. The highest BCUT2D eigenvalue weighted by atomic mass is 79.9. The van der Waals surface area contributed by atoms with Crippen molar-refractivity contribution in [1.82, 2.24) is 9.97 Å². The Hall–Kier alpha value is -3.85. The van der Waals surface area contributed by atoms with Crippen LogP contribution in [0, 0.1) is 10.1 Å². The molecule has 3 aromatic carbocycles. The van der Waals surface area contributed by atoms with E-state index >= 15 is 0 Å². The molecule has 0 saturated carbocycles. The summed E-state index contributed by atoms with van der Waals surface area (Å²) in [4.78, 5) is 34.9. The number of halogens is 1. The molecule has 0 bridgehead atoms. The molecule has 0 aliphatic carbocycles. The minimum atomic E-state index is -0.441. The lowest BCUT2D eigenvalue weighted by Crippen LogP contribution is -2.13. The van der Waals surface area contributed by atoms with Crippen LogP contribution >= 0.6 is 15.9 Å². The number of H-pyrrole nitrogens is 1. The lowest BCUT2D eigenvalue weighted by atomic mass is 10.1. The van der Waals surface area contributed by atoms with Crippen molar-refractivity contribution >= 4 is 55.6 Å². The smallest absolute Gasteiger partial charge is 0.275 e. The number of imidazole rings is 1. The van der Waals surface area contributed by atoms with Gasteiger partial charge in [-0.25, -0.2) is 9.98 Å². The van der Waals surface area contributed by atoms with Crippen LogP contribution in [0.2, 0.25) is 0 Å². The summed E-state index contributed by atoms with van der Waals surface area (Å²) in [6, 6.07) is 17.3. The third-order valence-corrected chi connectivity index (χ3v) is 5.25. The van der Waals surface area contributed by atoms with E-state index < -0.39 is 4.92 Å². The first-order valence-electron chi connectivity index (χ1n) is 8.92. The maximum atomic E-state index is 12.3. The van der Waals surface area contributed by atoms with Crippen molar-refractivity contribution in [3.63, 3.8) is 0 Å². The molecule has 30 heavy (non-hydrogen) atoms. The topological polar surface area (TPSA) is 113 Å². The number of carbonyl (C=O) groups excluding carboxylic acids is 1. The van der Waals surface area contributed by atoms with Crippen molar-refractivity contribution in [2.45, 2.75) is 0 Å². The van der Waals surface area contributed by atoms with E-state index in [-0.39, 0.29) is 11.6 Å². The van der Waals surface area contributed by atoms with Gasteiger partial charge in [-0.1, -0.05) is 15.9 Å². The monoisotopic (exact) mass is 461 g/mol. The van der Waals surface area contributed by atoms with E-state index in [4.69, 9.17) is 0 Å². The van der Waals surface area contributed by atoms with Crippen molar-refractivity contribution in [3.8, 4) is 11.4 Å². The van der Waals surface area contributed by atoms with Crippen LogP contribution in [0.15, 0.2) is 70.1 Å². The number of non-ortho nitro benzene ring substituents is 1. The van der Waals surface area contributed by atoms with Crippen molar-refractivity contribution in [2.24, 2.45) is 4.99 Å². The molecule has 9 heteroatoms. The van der Waals surface area contributed by atoms with Gasteiger partial charge in [-0.3, -0.25) is 14.9 Å². The second kappa shape index (κ2) is 6.89. The highest BCUT2D eigenvalue weighted by Crippen LogP contribution is 2.30. The van der Waals surface area contributed by atoms with E-state index in [0.29, 0.717) is 28.3 Å². The molecule has 0 atom stereocenters. The Kier molecular flexibility index (Phi) is 4.18. The molecule has 0 spiro atoms. The highest BCUT2D eigenvalue weighted by Gasteiger charge is 2.26. The number of nitrogens with one attached hydrogen (secondary N) is 2. The van der Waals surface area contributed by atoms with Crippen LogP contribution in [0.4, 0.5) is 17.1 Å². The Balaban J connectivity index is 1.47. The Morgan fingerprint density at radius 2 is 1.83 bits per heavy atom. The fourth-order valence-electron chi connectivity index (χ4n) is 3.31. The van der Waals surface area contributed by atoms with E-state index in [0.717, 1.165) is 21.3 Å². The summed E-state index contributed by atoms with van der Waals surface area (Å²) in [6.07, 6.45) is 0. The minimum absolute atomic E-state index is 0.00521. The molecule has 0 fully saturated rings. The molecular weight excluding hydrogens is 450 g/mol. The van der Waals surface area contributed by atoms with Crippen molar-refractivity contribution < 1.29 is 9.72 Å². The molecular formula is C21H12BrN5O3. The zero-order valence-corrected chi connectivity index (χ0v) is 16.8. The Morgan fingerprint density at radius 3 is 2.60 bits per heavy atom. The molecule has 8 nitrogen and oxygen atoms in total. The van der Waals surface area contributed by atoms with Gasteiger partial charge in [0.25, 0.3) is 11.6 Å². The number of nitrogens with zero attached hydrogens (tertiary/aromatic N) is 3. The number of aromatic nitrogens is 2. The lowest BCUT2D eigenvalue weighted by molar-refractivity contribution is -0.384. The summed E-state index contributed by atoms with van der Waals surface area (Å²) in [5.41, 5.74) is 4.51. The molecule has 1 aliphatic rings. The van der Waals surface area contributed by atoms with Crippen LogP contribution in [0.25, 0.3) is 22.4 Å². The normalized spacial score (nSPS) is 14.2. The minimum Gasteiger partial charge on any atom is -0.338 e. The van der Waals surface area contributed by atoms with Crippen LogP contribution < -0.4 is 5.32 Å². The second-order valence-electron chi connectivity index (χ2n) is 6.70. The summed E-state index contributed by atoms with van der Waals surface area (Å²) in [6.45, 7) is 0. The lowest BCUT2D eigenvalue weighted by Gasteiger charge is -2.01. The van der Waals surface area contributed by atoms with Gasteiger partial charge >= 0.3 is 0 Å². The van der Waals surface area contributed by atoms with Gasteiger partial charge in [0.05, 0.1) is 27.3 Å². The van der Waals surface area contributed by atoms with Gasteiger partial charge in [0.1, 0.15) is 11.5 Å². The third kappa shape index (κ3) is 3.15. The molecule has 0 saturated heterocycles. The van der Waals surface area contributed by atoms with Gasteiger partial charge in [-0.15, -0.1) is 0 Å². The van der Waals surface area contributed by atoms with Crippen LogP contribution in [-0.4, -0.2) is 26.5 Å². The fourth-order valence-corrected chi connectivity index (χ4v) is 3.67. The number of hydrogen-bond donors (Lipinski definition) is 2. The van der Waals surface area contributed by atoms with Crippen LogP contribution in [0.3, 0.4) is 0 Å². The quantitative estimate of drug-likeness (QED) is 0.331. The maximum absolute atomic E-state index is 12.3. The molecule has 5 rings (SSSR count). The highest BCUT2D eigenvalue weighted by molar-refractivity contribution is 9.10. The predicted octanol–water partition coefficient (Wildman–Crippen LogP) is 4.97. The van der Waals surface area contributed by atoms with Gasteiger partial charge < -0.3 is 10.3 Å². The first-order valence-corrected chi connectivity index (χ1v) is 9.72. The number of hydrogen-bond acceptors (Lipinski definition) is 5. The number of nitro groups is 1. The third-order valence-electron chi connectivity index (χ3n) is 4.76. The summed E-state index contributed by atoms with van der Waals surface area (Å²) >= 11 is 3.42. The molecule has 0 unspecified atom stereocenters. The number of carbonyl (C=O) groups is 1. The van der Waals surface area contributed by atoms with Gasteiger partial charge in [-0.2, -0.15) is 0 Å². The standard InChI is InChI=1S/C21H12BrN5O3/c22-12-3-7-16-15(9-12)19(21(28)26-16)23-13-4-1-11(2-5-13)20-24-17-8-6-14(27(29)30)10-18(17)25-20/h1-10H,(H,24,25)(H,23,26,28). The number of fused-ring (bicyclic) bond motifs is 2. The molecule has 2 heterocycles. The number of nitro benzene ring substituents is 1. The van der Waals surface area contributed by atoms with Gasteiger partial charge in [0.2, 0.25) is 0 Å². The summed E-state index contributed by atoms with van der Waals surface area (Å²) in [7, 11) is 0. The summed E-state index contributed by atoms with van der Waals surface area (Å²) < 4.78 is 0.867. The fraction of sp³-hybridized carbons (Fsp3) is 0. The van der Waals surface area contributed by atoms with Crippen LogP contribution in [0.1, 0.15) is 5.56 Å². The number of aromatic amines is 1. The first kappa shape index (κ1) is 18.2. The summed E-state index contributed by atoms with van der Waals surface area (Å²) in [5.74, 6) is 0.351. The molecule has 4 aromatic rings. The van der Waals surface area contributed by atoms with Gasteiger partial charge in [-0.05, 0) is 48.5 Å². The van der Waals surface area contributed by atoms with E-state index in [1.165, 1.54) is 12.1 Å². The molecule has 1 amide bonds. The average Bonchev–Trinajstić information content (AvgIpc) is 3.29. The Bertz CT molecular complexity index is 1380. The van der Waals surface area contributed by atoms with Crippen LogP contribution in [0.5, 0.6) is 0 Å². The molecule has 146 valence electrons. The van der Waals surface area contributed by atoms with Crippen molar-refractivity contribution in [3.05, 3.63) is 80.8 Å². The van der Waals surface area contributed by atoms with Gasteiger partial charge in [0.15, 0.2) is 0 Å². The van der Waals surface area contributed by atoms with Gasteiger partial charge in [0, 0.05) is 27.7 Å². The van der Waals surface area contributed by atoms with E-state index in [1.54, 1.807) is 18.2 Å². The van der Waals surface area contributed by atoms with E-state index in [1.807, 2.05) is 30.3 Å². The predicted molar refractivity (Wildman–Crippen MR) is 117 cm³/mol. The number of anilines is 1. The number of aliphatic imine (C=N–C) groups is 1. The van der Waals surface area contributed by atoms with E-state index in [2.05, 4.69) is 36.2 Å². The van der Waals surface area contributed by atoms with Crippen molar-refractivity contribution in [1.29, 1.82) is 0 Å². The largest absolute Gasteiger partial charge is 0.338 e. The zero-order valence-electron chi connectivity index (χ0n) is 15.2. The molecule has 1 aromatic heterocycles. The Morgan fingerprint density at radius 1 is 1.03 bits per heavy atom. The molecule has 2 N–H and O–H groups in total. The summed E-state index contributed by atoms with van der Waals surface area (Å²) in [5, 5.41) is 13.8.